The molecule has 3 aromatic rings. The van der Waals surface area contributed by atoms with Gasteiger partial charge in [-0.3, -0.25) is 14.5 Å². The van der Waals surface area contributed by atoms with Crippen molar-refractivity contribution in [1.82, 2.24) is 10.2 Å². The number of likely N-dealkylation sites (tertiary alicyclic amines) is 1. The molecule has 178 valence electrons. The van der Waals surface area contributed by atoms with Crippen LogP contribution in [0.1, 0.15) is 68.1 Å². The third-order valence-corrected chi connectivity index (χ3v) is 7.19. The second kappa shape index (κ2) is 9.59. The van der Waals surface area contributed by atoms with Gasteiger partial charge in [-0.2, -0.15) is 0 Å². The number of hydrogen-bond acceptors (Lipinski definition) is 3. The number of benzene rings is 3. The van der Waals surface area contributed by atoms with E-state index in [1.807, 2.05) is 51.1 Å². The van der Waals surface area contributed by atoms with E-state index in [-0.39, 0.29) is 17.9 Å². The van der Waals surface area contributed by atoms with E-state index in [1.54, 1.807) is 6.07 Å². The van der Waals surface area contributed by atoms with Gasteiger partial charge in [-0.05, 0) is 88.0 Å². The highest BCUT2D eigenvalue weighted by atomic mass is 16.2. The van der Waals surface area contributed by atoms with Crippen LogP contribution in [0.15, 0.2) is 60.7 Å². The Balaban J connectivity index is 1.52. The van der Waals surface area contributed by atoms with Gasteiger partial charge in [0.1, 0.15) is 0 Å². The first-order chi connectivity index (χ1) is 16.2. The number of carbonyl (C=O) groups excluding carboxylic acids is 2. The summed E-state index contributed by atoms with van der Waals surface area (Å²) in [5.74, 6) is -0.164. The largest absolute Gasteiger partial charge is 0.345 e. The molecule has 0 radical (unpaired) electrons. The Kier molecular flexibility index (Phi) is 6.76. The van der Waals surface area contributed by atoms with Crippen molar-refractivity contribution >= 4 is 28.3 Å². The minimum atomic E-state index is -0.537. The molecule has 0 aromatic heterocycles. The molecule has 3 aromatic carbocycles. The van der Waals surface area contributed by atoms with Crippen LogP contribution in [0.3, 0.4) is 0 Å². The van der Waals surface area contributed by atoms with Gasteiger partial charge in [0.15, 0.2) is 0 Å². The van der Waals surface area contributed by atoms with E-state index in [4.69, 9.17) is 0 Å². The van der Waals surface area contributed by atoms with E-state index in [9.17, 15) is 9.59 Å². The summed E-state index contributed by atoms with van der Waals surface area (Å²) in [7, 11) is 0. The van der Waals surface area contributed by atoms with Crippen molar-refractivity contribution in [2.24, 2.45) is 0 Å². The molecule has 1 aliphatic heterocycles. The number of fused-ring (bicyclic) bond motifs is 1. The minimum Gasteiger partial charge on any atom is -0.345 e. The summed E-state index contributed by atoms with van der Waals surface area (Å²) in [6.07, 6.45) is 1.84. The normalized spacial score (nSPS) is 19.4. The lowest BCUT2D eigenvalue weighted by molar-refractivity contribution is -0.126. The van der Waals surface area contributed by atoms with Gasteiger partial charge in [0.2, 0.25) is 5.91 Å². The van der Waals surface area contributed by atoms with Crippen LogP contribution >= 0.6 is 0 Å². The summed E-state index contributed by atoms with van der Waals surface area (Å²) in [5.41, 5.74) is 2.63. The maximum absolute atomic E-state index is 13.3. The molecule has 1 saturated heterocycles. The van der Waals surface area contributed by atoms with Crippen molar-refractivity contribution in [1.29, 1.82) is 0 Å². The number of carbonyl (C=O) groups is 2. The van der Waals surface area contributed by atoms with Crippen molar-refractivity contribution in [2.75, 3.05) is 11.9 Å². The Morgan fingerprint density at radius 2 is 1.74 bits per heavy atom. The van der Waals surface area contributed by atoms with Crippen LogP contribution in [-0.2, 0) is 4.79 Å². The maximum atomic E-state index is 13.3. The molecular weight excluding hydrogens is 422 g/mol. The molecule has 1 heterocycles. The third-order valence-electron chi connectivity index (χ3n) is 7.19. The Labute approximate surface area is 202 Å². The number of amides is 2. The van der Waals surface area contributed by atoms with E-state index in [0.29, 0.717) is 17.3 Å². The molecule has 1 aliphatic rings. The number of rotatable bonds is 6. The average molecular weight is 458 g/mol. The average Bonchev–Trinajstić information content (AvgIpc) is 3.23. The van der Waals surface area contributed by atoms with E-state index in [1.165, 1.54) is 0 Å². The second-order valence-electron chi connectivity index (χ2n) is 9.91. The highest BCUT2D eigenvalue weighted by molar-refractivity contribution is 6.01. The van der Waals surface area contributed by atoms with E-state index >= 15 is 0 Å². The summed E-state index contributed by atoms with van der Waals surface area (Å²) in [6, 6.07) is 20.0. The van der Waals surface area contributed by atoms with Gasteiger partial charge in [-0.25, -0.2) is 0 Å². The van der Waals surface area contributed by atoms with Crippen LogP contribution in [0, 0.1) is 6.92 Å². The molecular formula is C29H35N3O2. The summed E-state index contributed by atoms with van der Waals surface area (Å²) in [5, 5.41) is 8.52. The molecule has 1 fully saturated rings. The first-order valence-electron chi connectivity index (χ1n) is 12.2. The van der Waals surface area contributed by atoms with Crippen LogP contribution in [0.4, 0.5) is 5.69 Å². The first-order valence-corrected chi connectivity index (χ1v) is 12.2. The van der Waals surface area contributed by atoms with Crippen LogP contribution < -0.4 is 10.6 Å². The van der Waals surface area contributed by atoms with Crippen molar-refractivity contribution in [2.45, 2.75) is 65.1 Å². The summed E-state index contributed by atoms with van der Waals surface area (Å²) < 4.78 is 0. The van der Waals surface area contributed by atoms with Gasteiger partial charge in [0, 0.05) is 17.3 Å². The fraction of sp³-hybridized carbons (Fsp3) is 0.379. The number of aryl methyl sites for hydroxylation is 1. The quantitative estimate of drug-likeness (QED) is 0.489. The molecule has 2 amide bonds. The number of nitrogens with zero attached hydrogens (tertiary/aromatic N) is 1. The maximum Gasteiger partial charge on any atom is 0.252 e. The molecule has 5 heteroatoms. The Hall–Kier alpha value is -3.18. The van der Waals surface area contributed by atoms with Crippen molar-refractivity contribution in [3.63, 3.8) is 0 Å². The van der Waals surface area contributed by atoms with Crippen LogP contribution in [0.5, 0.6) is 0 Å². The SMILES string of the molecule is Cc1ccc(NC(=O)[C@]2(C)CCCN2C(C)C)cc1C(=O)N[C@H](C)c1cccc2ccccc12. The second-order valence-corrected chi connectivity index (χ2v) is 9.91. The minimum absolute atomic E-state index is 0.0157. The van der Waals surface area contributed by atoms with Gasteiger partial charge >= 0.3 is 0 Å². The van der Waals surface area contributed by atoms with Crippen LogP contribution in [0.25, 0.3) is 10.8 Å². The zero-order valence-corrected chi connectivity index (χ0v) is 20.8. The monoisotopic (exact) mass is 457 g/mol. The molecule has 0 unspecified atom stereocenters. The van der Waals surface area contributed by atoms with Crippen molar-refractivity contribution < 1.29 is 9.59 Å². The van der Waals surface area contributed by atoms with Gasteiger partial charge < -0.3 is 10.6 Å². The predicted octanol–water partition coefficient (Wildman–Crippen LogP) is 5.84. The van der Waals surface area contributed by atoms with Gasteiger partial charge in [0.25, 0.3) is 5.91 Å². The van der Waals surface area contributed by atoms with Crippen molar-refractivity contribution in [3.8, 4) is 0 Å². The smallest absolute Gasteiger partial charge is 0.252 e. The molecule has 34 heavy (non-hydrogen) atoms. The summed E-state index contributed by atoms with van der Waals surface area (Å²) in [4.78, 5) is 28.8. The molecule has 2 N–H and O–H groups in total. The van der Waals surface area contributed by atoms with Gasteiger partial charge in [-0.1, -0.05) is 48.5 Å². The molecule has 0 saturated carbocycles. The zero-order chi connectivity index (χ0) is 24.5. The number of hydrogen-bond donors (Lipinski definition) is 2. The Morgan fingerprint density at radius 3 is 2.50 bits per heavy atom. The van der Waals surface area contributed by atoms with Gasteiger partial charge in [0.05, 0.1) is 11.6 Å². The molecule has 0 aliphatic carbocycles. The van der Waals surface area contributed by atoms with E-state index in [0.717, 1.165) is 41.3 Å². The number of nitrogens with one attached hydrogen (secondary N) is 2. The van der Waals surface area contributed by atoms with Crippen molar-refractivity contribution in [3.05, 3.63) is 77.4 Å². The molecule has 4 rings (SSSR count). The Morgan fingerprint density at radius 1 is 1.00 bits per heavy atom. The fourth-order valence-electron chi connectivity index (χ4n) is 5.25. The standard InChI is InChI=1S/C29H35N3O2/c1-19(2)32-17-9-16-29(32,5)28(34)31-23-15-14-20(3)26(18-23)27(33)30-21(4)24-13-8-11-22-10-6-7-12-25(22)24/h6-8,10-15,18-19,21H,9,16-17H2,1-5H3,(H,30,33)(H,31,34)/t21-,29+/m1/s1. The lowest BCUT2D eigenvalue weighted by Crippen LogP contribution is -2.53. The molecule has 0 spiro atoms. The topological polar surface area (TPSA) is 61.4 Å². The first kappa shape index (κ1) is 24.0. The highest BCUT2D eigenvalue weighted by Gasteiger charge is 2.44. The lowest BCUT2D eigenvalue weighted by atomic mass is 9.96. The van der Waals surface area contributed by atoms with E-state index in [2.05, 4.69) is 53.6 Å². The highest BCUT2D eigenvalue weighted by Crippen LogP contribution is 2.32. The van der Waals surface area contributed by atoms with Gasteiger partial charge in [-0.15, -0.1) is 0 Å². The number of anilines is 1. The Bertz CT molecular complexity index is 1210. The zero-order valence-electron chi connectivity index (χ0n) is 20.8. The summed E-state index contributed by atoms with van der Waals surface area (Å²) in [6.45, 7) is 11.1. The molecule has 2 atom stereocenters. The third kappa shape index (κ3) is 4.58. The predicted molar refractivity (Wildman–Crippen MR) is 139 cm³/mol. The summed E-state index contributed by atoms with van der Waals surface area (Å²) >= 11 is 0. The lowest BCUT2D eigenvalue weighted by Gasteiger charge is -2.36. The molecule has 0 bridgehead atoms. The van der Waals surface area contributed by atoms with Crippen LogP contribution in [0.2, 0.25) is 0 Å². The van der Waals surface area contributed by atoms with Crippen LogP contribution in [-0.4, -0.2) is 34.8 Å². The fourth-order valence-corrected chi connectivity index (χ4v) is 5.25. The van der Waals surface area contributed by atoms with E-state index < -0.39 is 5.54 Å². The molecule has 5 nitrogen and oxygen atoms in total.